The van der Waals surface area contributed by atoms with Crippen LogP contribution in [-0.2, 0) is 0 Å². The molecule has 0 fully saturated rings. The van der Waals surface area contributed by atoms with Gasteiger partial charge in [0, 0.05) is 5.56 Å². The highest BCUT2D eigenvalue weighted by molar-refractivity contribution is 5.92. The Morgan fingerprint density at radius 3 is 1.79 bits per heavy atom. The first-order valence-corrected chi connectivity index (χ1v) is 5.38. The number of benzene rings is 2. The molecule has 0 atom stereocenters. The summed E-state index contributed by atoms with van der Waals surface area (Å²) >= 11 is 0. The van der Waals surface area contributed by atoms with E-state index < -0.39 is 5.97 Å². The SMILES string of the molecule is NC(=O)c1ccccc1.O=C(O)c1ccccc1O. The van der Waals surface area contributed by atoms with Gasteiger partial charge in [0.2, 0.25) is 5.91 Å². The molecule has 0 heterocycles. The van der Waals surface area contributed by atoms with Crippen molar-refractivity contribution in [2.45, 2.75) is 0 Å². The summed E-state index contributed by atoms with van der Waals surface area (Å²) in [7, 11) is 0. The topological polar surface area (TPSA) is 101 Å². The smallest absolute Gasteiger partial charge is 0.339 e. The van der Waals surface area contributed by atoms with Crippen LogP contribution >= 0.6 is 0 Å². The molecule has 5 nitrogen and oxygen atoms in total. The van der Waals surface area contributed by atoms with Gasteiger partial charge in [-0.2, -0.15) is 0 Å². The molecule has 5 heteroatoms. The van der Waals surface area contributed by atoms with Gasteiger partial charge in [-0.15, -0.1) is 0 Å². The summed E-state index contributed by atoms with van der Waals surface area (Å²) < 4.78 is 0. The molecule has 0 radical (unpaired) electrons. The van der Waals surface area contributed by atoms with Crippen molar-refractivity contribution in [1.82, 2.24) is 0 Å². The van der Waals surface area contributed by atoms with E-state index in [2.05, 4.69) is 0 Å². The summed E-state index contributed by atoms with van der Waals surface area (Å²) in [6.45, 7) is 0. The molecular weight excluding hydrogens is 246 g/mol. The van der Waals surface area contributed by atoms with Gasteiger partial charge in [0.05, 0.1) is 0 Å². The average molecular weight is 259 g/mol. The van der Waals surface area contributed by atoms with Crippen LogP contribution in [0.5, 0.6) is 5.75 Å². The molecule has 2 rings (SSSR count). The normalized spacial score (nSPS) is 9.05. The highest BCUT2D eigenvalue weighted by atomic mass is 16.4. The number of hydrogen-bond donors (Lipinski definition) is 3. The molecule has 0 saturated heterocycles. The second-order valence-corrected chi connectivity index (χ2v) is 3.55. The summed E-state index contributed by atoms with van der Waals surface area (Å²) in [5, 5.41) is 17.3. The minimum atomic E-state index is -1.11. The molecule has 0 aliphatic carbocycles. The molecular formula is C14H13NO4. The third-order valence-corrected chi connectivity index (χ3v) is 2.19. The lowest BCUT2D eigenvalue weighted by molar-refractivity contribution is 0.0693. The second kappa shape index (κ2) is 6.80. The maximum Gasteiger partial charge on any atom is 0.339 e. The molecule has 0 saturated carbocycles. The van der Waals surface area contributed by atoms with E-state index in [1.165, 1.54) is 12.1 Å². The van der Waals surface area contributed by atoms with E-state index in [4.69, 9.17) is 15.9 Å². The Bertz CT molecular complexity index is 567. The van der Waals surface area contributed by atoms with E-state index in [-0.39, 0.29) is 17.2 Å². The number of aromatic hydroxyl groups is 1. The number of carbonyl (C=O) groups is 2. The third-order valence-electron chi connectivity index (χ3n) is 2.19. The van der Waals surface area contributed by atoms with Crippen LogP contribution in [0.2, 0.25) is 0 Å². The molecule has 0 aliphatic rings. The Balaban J connectivity index is 0.000000191. The van der Waals surface area contributed by atoms with Gasteiger partial charge in [0.25, 0.3) is 0 Å². The number of nitrogens with two attached hydrogens (primary N) is 1. The molecule has 1 amide bonds. The summed E-state index contributed by atoms with van der Waals surface area (Å²) in [5.74, 6) is -1.69. The zero-order chi connectivity index (χ0) is 14.3. The molecule has 0 aromatic heterocycles. The lowest BCUT2D eigenvalue weighted by atomic mass is 10.2. The van der Waals surface area contributed by atoms with Crippen LogP contribution < -0.4 is 5.73 Å². The number of hydrogen-bond acceptors (Lipinski definition) is 3. The fraction of sp³-hybridized carbons (Fsp3) is 0. The van der Waals surface area contributed by atoms with E-state index in [1.807, 2.05) is 6.07 Å². The number of aromatic carboxylic acids is 1. The number of primary amides is 1. The molecule has 0 aliphatic heterocycles. The predicted molar refractivity (Wildman–Crippen MR) is 70.0 cm³/mol. The molecule has 0 spiro atoms. The van der Waals surface area contributed by atoms with Crippen molar-refractivity contribution in [2.24, 2.45) is 5.73 Å². The first kappa shape index (κ1) is 14.2. The maximum absolute atomic E-state index is 10.4. The molecule has 98 valence electrons. The van der Waals surface area contributed by atoms with Gasteiger partial charge < -0.3 is 15.9 Å². The Kier molecular flexibility index (Phi) is 5.10. The van der Waals surface area contributed by atoms with Gasteiger partial charge in [-0.25, -0.2) is 4.79 Å². The van der Waals surface area contributed by atoms with Crippen molar-refractivity contribution in [1.29, 1.82) is 0 Å². The van der Waals surface area contributed by atoms with Crippen molar-refractivity contribution in [3.63, 3.8) is 0 Å². The van der Waals surface area contributed by atoms with Crippen LogP contribution in [0.15, 0.2) is 54.6 Å². The van der Waals surface area contributed by atoms with Crippen LogP contribution in [-0.4, -0.2) is 22.1 Å². The molecule has 4 N–H and O–H groups in total. The molecule has 0 bridgehead atoms. The minimum Gasteiger partial charge on any atom is -0.507 e. The molecule has 19 heavy (non-hydrogen) atoms. The fourth-order valence-corrected chi connectivity index (χ4v) is 1.26. The molecule has 0 unspecified atom stereocenters. The lowest BCUT2D eigenvalue weighted by Gasteiger charge is -1.95. The van der Waals surface area contributed by atoms with Crippen molar-refractivity contribution >= 4 is 11.9 Å². The number of para-hydroxylation sites is 1. The van der Waals surface area contributed by atoms with E-state index in [9.17, 15) is 9.59 Å². The lowest BCUT2D eigenvalue weighted by Crippen LogP contribution is -2.09. The zero-order valence-corrected chi connectivity index (χ0v) is 9.98. The van der Waals surface area contributed by atoms with Crippen LogP contribution in [0.1, 0.15) is 20.7 Å². The van der Waals surface area contributed by atoms with Gasteiger partial charge >= 0.3 is 5.97 Å². The summed E-state index contributed by atoms with van der Waals surface area (Å²) in [5.41, 5.74) is 5.46. The first-order chi connectivity index (χ1) is 9.02. The van der Waals surface area contributed by atoms with Crippen molar-refractivity contribution < 1.29 is 19.8 Å². The van der Waals surface area contributed by atoms with Crippen LogP contribution in [0.4, 0.5) is 0 Å². The third kappa shape index (κ3) is 4.51. The van der Waals surface area contributed by atoms with Gasteiger partial charge in [0.1, 0.15) is 11.3 Å². The van der Waals surface area contributed by atoms with Gasteiger partial charge in [-0.05, 0) is 24.3 Å². The Hall–Kier alpha value is -2.82. The minimum absolute atomic E-state index is 0.0671. The number of phenols is 1. The Labute approximate surface area is 109 Å². The summed E-state index contributed by atoms with van der Waals surface area (Å²) in [6.07, 6.45) is 0. The number of carboxylic acid groups (broad SMARTS) is 1. The Morgan fingerprint density at radius 1 is 0.895 bits per heavy atom. The van der Waals surface area contributed by atoms with E-state index in [0.29, 0.717) is 5.56 Å². The second-order valence-electron chi connectivity index (χ2n) is 3.55. The van der Waals surface area contributed by atoms with Gasteiger partial charge in [-0.3, -0.25) is 4.79 Å². The maximum atomic E-state index is 10.4. The Morgan fingerprint density at radius 2 is 1.42 bits per heavy atom. The first-order valence-electron chi connectivity index (χ1n) is 5.38. The highest BCUT2D eigenvalue weighted by Crippen LogP contribution is 2.14. The monoisotopic (exact) mass is 259 g/mol. The largest absolute Gasteiger partial charge is 0.507 e. The van der Waals surface area contributed by atoms with E-state index >= 15 is 0 Å². The van der Waals surface area contributed by atoms with Gasteiger partial charge in [-0.1, -0.05) is 30.3 Å². The number of amides is 1. The number of rotatable bonds is 2. The predicted octanol–water partition coefficient (Wildman–Crippen LogP) is 1.88. The average Bonchev–Trinajstić information content (AvgIpc) is 2.40. The number of carbonyl (C=O) groups excluding carboxylic acids is 1. The van der Waals surface area contributed by atoms with Crippen molar-refractivity contribution in [3.8, 4) is 5.75 Å². The molecule has 2 aromatic rings. The summed E-state index contributed by atoms with van der Waals surface area (Å²) in [4.78, 5) is 20.7. The zero-order valence-electron chi connectivity index (χ0n) is 9.98. The van der Waals surface area contributed by atoms with Crippen LogP contribution in [0, 0.1) is 0 Å². The van der Waals surface area contributed by atoms with Gasteiger partial charge in [0.15, 0.2) is 0 Å². The standard InChI is InChI=1S/C7H7NO.C7H6O3/c8-7(9)6-4-2-1-3-5-6;8-6-4-2-1-3-5(6)7(9)10/h1-5H,(H2,8,9);1-4,8H,(H,9,10). The van der Waals surface area contributed by atoms with Crippen LogP contribution in [0.3, 0.4) is 0 Å². The highest BCUT2D eigenvalue weighted by Gasteiger charge is 2.05. The summed E-state index contributed by atoms with van der Waals surface area (Å²) in [6, 6.07) is 14.6. The van der Waals surface area contributed by atoms with Crippen molar-refractivity contribution in [2.75, 3.05) is 0 Å². The number of carboxylic acids is 1. The molecule has 2 aromatic carbocycles. The van der Waals surface area contributed by atoms with Crippen molar-refractivity contribution in [3.05, 3.63) is 65.7 Å². The quantitative estimate of drug-likeness (QED) is 0.766. The van der Waals surface area contributed by atoms with E-state index in [1.54, 1.807) is 36.4 Å². The van der Waals surface area contributed by atoms with Crippen LogP contribution in [0.25, 0.3) is 0 Å². The van der Waals surface area contributed by atoms with E-state index in [0.717, 1.165) is 0 Å². The fourth-order valence-electron chi connectivity index (χ4n) is 1.26.